The standard InChI is InChI=1S/C15H17BrO/c1-3-11-5-6-12(4-2)14(9-11)15(16)13-7-8-17-10-13/h5-10,15H,3-4H2,1-2H3. The fraction of sp³-hybridized carbons (Fsp3) is 0.333. The average molecular weight is 293 g/mol. The maximum Gasteiger partial charge on any atom is 0.0949 e. The van der Waals surface area contributed by atoms with Gasteiger partial charge >= 0.3 is 0 Å². The SMILES string of the molecule is CCc1ccc(CC)c(C(Br)c2ccoc2)c1. The molecule has 1 aromatic carbocycles. The third-order valence-corrected chi connectivity index (χ3v) is 4.13. The van der Waals surface area contributed by atoms with Crippen LogP contribution in [0.5, 0.6) is 0 Å². The summed E-state index contributed by atoms with van der Waals surface area (Å²) in [6, 6.07) is 8.77. The number of furan rings is 1. The van der Waals surface area contributed by atoms with Crippen LogP contribution in [-0.4, -0.2) is 0 Å². The first-order chi connectivity index (χ1) is 8.26. The monoisotopic (exact) mass is 292 g/mol. The van der Waals surface area contributed by atoms with Crippen molar-refractivity contribution in [2.75, 3.05) is 0 Å². The third kappa shape index (κ3) is 2.63. The number of rotatable bonds is 4. The molecule has 1 heterocycles. The van der Waals surface area contributed by atoms with Crippen LogP contribution in [0.4, 0.5) is 0 Å². The summed E-state index contributed by atoms with van der Waals surface area (Å²) < 4.78 is 5.16. The Labute approximate surface area is 111 Å². The maximum atomic E-state index is 5.16. The Bertz CT molecular complexity index is 474. The van der Waals surface area contributed by atoms with E-state index >= 15 is 0 Å². The van der Waals surface area contributed by atoms with Gasteiger partial charge in [-0.3, -0.25) is 0 Å². The molecule has 0 saturated carbocycles. The van der Waals surface area contributed by atoms with Crippen molar-refractivity contribution in [1.29, 1.82) is 0 Å². The molecule has 90 valence electrons. The topological polar surface area (TPSA) is 13.1 Å². The van der Waals surface area contributed by atoms with E-state index in [2.05, 4.69) is 48.0 Å². The summed E-state index contributed by atoms with van der Waals surface area (Å²) in [6.45, 7) is 4.38. The van der Waals surface area contributed by atoms with Gasteiger partial charge in [-0.1, -0.05) is 48.0 Å². The van der Waals surface area contributed by atoms with Crippen LogP contribution in [0.25, 0.3) is 0 Å². The van der Waals surface area contributed by atoms with Crippen molar-refractivity contribution >= 4 is 15.9 Å². The molecule has 0 fully saturated rings. The molecule has 17 heavy (non-hydrogen) atoms. The van der Waals surface area contributed by atoms with E-state index < -0.39 is 0 Å². The first-order valence-corrected chi connectivity index (χ1v) is 6.95. The summed E-state index contributed by atoms with van der Waals surface area (Å²) in [5.74, 6) is 0. The van der Waals surface area contributed by atoms with Crippen molar-refractivity contribution in [3.8, 4) is 0 Å². The second kappa shape index (κ2) is 5.54. The largest absolute Gasteiger partial charge is 0.472 e. The lowest BCUT2D eigenvalue weighted by Crippen LogP contribution is -1.98. The minimum absolute atomic E-state index is 0.225. The number of hydrogen-bond acceptors (Lipinski definition) is 1. The Balaban J connectivity index is 2.41. The Hall–Kier alpha value is -1.02. The van der Waals surface area contributed by atoms with Gasteiger partial charge in [0.05, 0.1) is 17.4 Å². The van der Waals surface area contributed by atoms with Gasteiger partial charge in [0.2, 0.25) is 0 Å². The summed E-state index contributed by atoms with van der Waals surface area (Å²) in [7, 11) is 0. The van der Waals surface area contributed by atoms with Crippen molar-refractivity contribution in [1.82, 2.24) is 0 Å². The molecule has 0 saturated heterocycles. The summed E-state index contributed by atoms with van der Waals surface area (Å²) in [5.41, 5.74) is 5.30. The van der Waals surface area contributed by atoms with Gasteiger partial charge in [-0.25, -0.2) is 0 Å². The minimum atomic E-state index is 0.225. The van der Waals surface area contributed by atoms with E-state index in [1.165, 1.54) is 22.3 Å². The number of benzene rings is 1. The molecule has 0 aliphatic carbocycles. The van der Waals surface area contributed by atoms with Gasteiger partial charge in [0, 0.05) is 5.56 Å². The van der Waals surface area contributed by atoms with E-state index in [0.29, 0.717) is 0 Å². The first kappa shape index (κ1) is 12.4. The molecule has 2 heteroatoms. The average Bonchev–Trinajstić information content (AvgIpc) is 2.91. The predicted molar refractivity (Wildman–Crippen MR) is 74.7 cm³/mol. The highest BCUT2D eigenvalue weighted by Gasteiger charge is 2.15. The van der Waals surface area contributed by atoms with Gasteiger partial charge in [0.1, 0.15) is 0 Å². The van der Waals surface area contributed by atoms with Crippen molar-refractivity contribution in [3.63, 3.8) is 0 Å². The van der Waals surface area contributed by atoms with Crippen LogP contribution in [0, 0.1) is 0 Å². The lowest BCUT2D eigenvalue weighted by molar-refractivity contribution is 0.564. The van der Waals surface area contributed by atoms with Crippen molar-refractivity contribution in [2.45, 2.75) is 31.5 Å². The Morgan fingerprint density at radius 3 is 2.59 bits per heavy atom. The van der Waals surface area contributed by atoms with Gasteiger partial charge in [0.15, 0.2) is 0 Å². The third-order valence-electron chi connectivity index (χ3n) is 3.11. The minimum Gasteiger partial charge on any atom is -0.472 e. The highest BCUT2D eigenvalue weighted by Crippen LogP contribution is 2.34. The summed E-state index contributed by atoms with van der Waals surface area (Å²) in [5, 5.41) is 0. The second-order valence-electron chi connectivity index (χ2n) is 4.16. The zero-order valence-corrected chi connectivity index (χ0v) is 11.8. The number of hydrogen-bond donors (Lipinski definition) is 0. The molecule has 0 N–H and O–H groups in total. The van der Waals surface area contributed by atoms with Gasteiger partial charge in [0.25, 0.3) is 0 Å². The zero-order chi connectivity index (χ0) is 12.3. The van der Waals surface area contributed by atoms with Gasteiger partial charge < -0.3 is 4.42 Å². The van der Waals surface area contributed by atoms with Gasteiger partial charge in [-0.2, -0.15) is 0 Å². The van der Waals surface area contributed by atoms with Crippen molar-refractivity contribution < 1.29 is 4.42 Å². The van der Waals surface area contributed by atoms with Gasteiger partial charge in [-0.05, 0) is 35.6 Å². The quantitative estimate of drug-likeness (QED) is 0.732. The van der Waals surface area contributed by atoms with E-state index in [1.807, 2.05) is 6.07 Å². The van der Waals surface area contributed by atoms with Crippen LogP contribution < -0.4 is 0 Å². The van der Waals surface area contributed by atoms with E-state index in [9.17, 15) is 0 Å². The fourth-order valence-corrected chi connectivity index (χ4v) is 2.71. The molecule has 2 aromatic rings. The van der Waals surface area contributed by atoms with E-state index in [4.69, 9.17) is 4.42 Å². The molecule has 1 nitrogen and oxygen atoms in total. The Morgan fingerprint density at radius 1 is 1.18 bits per heavy atom. The molecule has 0 aliphatic rings. The molecule has 0 amide bonds. The summed E-state index contributed by atoms with van der Waals surface area (Å²) in [4.78, 5) is 0.225. The van der Waals surface area contributed by atoms with Crippen LogP contribution >= 0.6 is 15.9 Å². The van der Waals surface area contributed by atoms with E-state index in [1.54, 1.807) is 12.5 Å². The fourth-order valence-electron chi connectivity index (χ4n) is 2.02. The number of alkyl halides is 1. The maximum absolute atomic E-state index is 5.16. The lowest BCUT2D eigenvalue weighted by atomic mass is 9.96. The van der Waals surface area contributed by atoms with Crippen molar-refractivity contribution in [3.05, 3.63) is 59.0 Å². The molecule has 1 atom stereocenters. The molecule has 1 aromatic heterocycles. The smallest absolute Gasteiger partial charge is 0.0949 e. The Morgan fingerprint density at radius 2 is 2.00 bits per heavy atom. The first-order valence-electron chi connectivity index (χ1n) is 6.04. The van der Waals surface area contributed by atoms with Crippen LogP contribution in [0.1, 0.15) is 40.9 Å². The molecule has 0 spiro atoms. The van der Waals surface area contributed by atoms with Crippen molar-refractivity contribution in [2.24, 2.45) is 0 Å². The number of halogens is 1. The second-order valence-corrected chi connectivity index (χ2v) is 5.08. The predicted octanol–water partition coefficient (Wildman–Crippen LogP) is 4.89. The van der Waals surface area contributed by atoms with E-state index in [-0.39, 0.29) is 4.83 Å². The molecular formula is C15H17BrO. The van der Waals surface area contributed by atoms with Crippen LogP contribution in [-0.2, 0) is 12.8 Å². The summed E-state index contributed by atoms with van der Waals surface area (Å²) in [6.07, 6.45) is 5.65. The summed E-state index contributed by atoms with van der Waals surface area (Å²) >= 11 is 3.77. The highest BCUT2D eigenvalue weighted by molar-refractivity contribution is 9.09. The Kier molecular flexibility index (Phi) is 4.06. The van der Waals surface area contributed by atoms with E-state index in [0.717, 1.165) is 12.8 Å². The molecule has 1 unspecified atom stereocenters. The van der Waals surface area contributed by atoms with Crippen LogP contribution in [0.2, 0.25) is 0 Å². The highest BCUT2D eigenvalue weighted by atomic mass is 79.9. The zero-order valence-electron chi connectivity index (χ0n) is 10.2. The van der Waals surface area contributed by atoms with Gasteiger partial charge in [-0.15, -0.1) is 0 Å². The molecule has 2 rings (SSSR count). The molecular weight excluding hydrogens is 276 g/mol. The molecule has 0 radical (unpaired) electrons. The molecule has 0 aliphatic heterocycles. The van der Waals surface area contributed by atoms with Crippen LogP contribution in [0.15, 0.2) is 41.2 Å². The molecule has 0 bridgehead atoms. The van der Waals surface area contributed by atoms with Crippen LogP contribution in [0.3, 0.4) is 0 Å². The number of aryl methyl sites for hydroxylation is 2. The lowest BCUT2D eigenvalue weighted by Gasteiger charge is -2.14. The normalized spacial score (nSPS) is 12.6.